The number of aryl methyl sites for hydroxylation is 2. The molecule has 0 radical (unpaired) electrons. The van der Waals surface area contributed by atoms with Crippen LogP contribution in [0.3, 0.4) is 0 Å². The van der Waals surface area contributed by atoms with Gasteiger partial charge in [0.2, 0.25) is 0 Å². The van der Waals surface area contributed by atoms with E-state index in [9.17, 15) is 0 Å². The van der Waals surface area contributed by atoms with Crippen LogP contribution in [0.4, 0.5) is 0 Å². The van der Waals surface area contributed by atoms with Crippen molar-refractivity contribution in [1.29, 1.82) is 0 Å². The van der Waals surface area contributed by atoms with E-state index in [2.05, 4.69) is 27.3 Å². The van der Waals surface area contributed by atoms with Crippen LogP contribution in [0.25, 0.3) is 0 Å². The molecule has 8 heteroatoms. The minimum absolute atomic E-state index is 0. The zero-order valence-corrected chi connectivity index (χ0v) is 16.9. The molecule has 0 aliphatic heterocycles. The molecule has 0 aliphatic rings. The van der Waals surface area contributed by atoms with Crippen LogP contribution in [-0.4, -0.2) is 52.9 Å². The van der Waals surface area contributed by atoms with Crippen LogP contribution in [0.2, 0.25) is 0 Å². The van der Waals surface area contributed by atoms with Gasteiger partial charge in [0.05, 0.1) is 13.1 Å². The fourth-order valence-corrected chi connectivity index (χ4v) is 2.06. The number of halogens is 1. The monoisotopic (exact) mass is 444 g/mol. The van der Waals surface area contributed by atoms with Crippen LogP contribution < -0.4 is 10.1 Å². The van der Waals surface area contributed by atoms with Gasteiger partial charge in [0, 0.05) is 21.1 Å². The van der Waals surface area contributed by atoms with Crippen molar-refractivity contribution in [2.75, 3.05) is 27.2 Å². The fraction of sp³-hybridized carbons (Fsp3) is 0.438. The van der Waals surface area contributed by atoms with E-state index in [-0.39, 0.29) is 24.0 Å². The Morgan fingerprint density at radius 1 is 1.33 bits per heavy atom. The van der Waals surface area contributed by atoms with E-state index in [1.165, 1.54) is 5.56 Å². The normalized spacial score (nSPS) is 10.9. The third kappa shape index (κ3) is 5.99. The van der Waals surface area contributed by atoms with E-state index >= 15 is 0 Å². The van der Waals surface area contributed by atoms with Crippen LogP contribution in [0.5, 0.6) is 5.75 Å². The summed E-state index contributed by atoms with van der Waals surface area (Å²) in [6.45, 7) is 3.95. The Morgan fingerprint density at radius 2 is 2.04 bits per heavy atom. The van der Waals surface area contributed by atoms with E-state index in [1.807, 2.05) is 43.3 Å². The number of guanidine groups is 1. The highest BCUT2D eigenvalue weighted by molar-refractivity contribution is 14.0. The molecule has 0 amide bonds. The molecule has 0 aliphatic carbocycles. The van der Waals surface area contributed by atoms with Crippen molar-refractivity contribution in [1.82, 2.24) is 25.0 Å². The van der Waals surface area contributed by atoms with Gasteiger partial charge in [-0.1, -0.05) is 17.7 Å². The number of hydrogen-bond acceptors (Lipinski definition) is 4. The molecule has 0 fully saturated rings. The highest BCUT2D eigenvalue weighted by Gasteiger charge is 2.07. The number of ether oxygens (including phenoxy) is 1. The number of aromatic nitrogens is 3. The molecule has 2 rings (SSSR count). The number of aliphatic imine (C=N–C) groups is 1. The topological polar surface area (TPSA) is 67.6 Å². The van der Waals surface area contributed by atoms with Crippen molar-refractivity contribution in [2.24, 2.45) is 12.0 Å². The lowest BCUT2D eigenvalue weighted by molar-refractivity contribution is 0.281. The minimum Gasteiger partial charge on any atom is -0.492 e. The molecule has 2 aromatic rings. The molecule has 0 unspecified atom stereocenters. The van der Waals surface area contributed by atoms with Crippen LogP contribution in [0.15, 0.2) is 35.6 Å². The number of nitrogens with zero attached hydrogens (tertiary/aromatic N) is 5. The van der Waals surface area contributed by atoms with E-state index in [0.717, 1.165) is 24.1 Å². The highest BCUT2D eigenvalue weighted by atomic mass is 127. The Kier molecular flexibility index (Phi) is 8.51. The molecule has 1 N–H and O–H groups in total. The Morgan fingerprint density at radius 3 is 2.62 bits per heavy atom. The smallest absolute Gasteiger partial charge is 0.193 e. The number of nitrogens with one attached hydrogen (secondary N) is 1. The van der Waals surface area contributed by atoms with Crippen molar-refractivity contribution in [3.05, 3.63) is 42.0 Å². The molecule has 132 valence electrons. The van der Waals surface area contributed by atoms with Gasteiger partial charge >= 0.3 is 0 Å². The predicted molar refractivity (Wildman–Crippen MR) is 106 cm³/mol. The van der Waals surface area contributed by atoms with Crippen molar-refractivity contribution in [3.63, 3.8) is 0 Å². The molecule has 0 bridgehead atoms. The van der Waals surface area contributed by atoms with E-state index < -0.39 is 0 Å². The summed E-state index contributed by atoms with van der Waals surface area (Å²) in [5.74, 6) is 2.53. The van der Waals surface area contributed by atoms with Gasteiger partial charge < -0.3 is 15.0 Å². The molecule has 0 spiro atoms. The van der Waals surface area contributed by atoms with Gasteiger partial charge in [-0.05, 0) is 19.1 Å². The molecule has 0 saturated carbocycles. The summed E-state index contributed by atoms with van der Waals surface area (Å²) in [5.41, 5.74) is 1.22. The molecule has 1 aromatic carbocycles. The number of benzene rings is 1. The van der Waals surface area contributed by atoms with Crippen molar-refractivity contribution in [2.45, 2.75) is 13.5 Å². The third-order valence-corrected chi connectivity index (χ3v) is 3.50. The zero-order chi connectivity index (χ0) is 16.7. The molecular weight excluding hydrogens is 419 g/mol. The Hall–Kier alpha value is -1.84. The number of rotatable bonds is 6. The second-order valence-electron chi connectivity index (χ2n) is 5.28. The van der Waals surface area contributed by atoms with Crippen LogP contribution in [0.1, 0.15) is 11.4 Å². The fourth-order valence-electron chi connectivity index (χ4n) is 2.06. The average Bonchev–Trinajstić information content (AvgIpc) is 2.95. The van der Waals surface area contributed by atoms with Crippen LogP contribution in [0, 0.1) is 6.92 Å². The maximum absolute atomic E-state index is 5.74. The number of hydrogen-bond donors (Lipinski definition) is 1. The lowest BCUT2D eigenvalue weighted by Gasteiger charge is -2.22. The number of likely N-dealkylation sites (N-methyl/N-ethyl adjacent to an activating group) is 1. The molecule has 1 heterocycles. The Balaban J connectivity index is 0.00000288. The van der Waals surface area contributed by atoms with E-state index in [0.29, 0.717) is 13.2 Å². The van der Waals surface area contributed by atoms with Gasteiger partial charge in [0.1, 0.15) is 24.5 Å². The summed E-state index contributed by atoms with van der Waals surface area (Å²) >= 11 is 0. The molecular formula is C16H25IN6O. The molecule has 24 heavy (non-hydrogen) atoms. The van der Waals surface area contributed by atoms with E-state index in [1.54, 1.807) is 18.1 Å². The first-order chi connectivity index (χ1) is 11.1. The quantitative estimate of drug-likeness (QED) is 0.419. The average molecular weight is 444 g/mol. The molecule has 0 saturated heterocycles. The summed E-state index contributed by atoms with van der Waals surface area (Å²) < 4.78 is 7.48. The van der Waals surface area contributed by atoms with Crippen molar-refractivity contribution in [3.8, 4) is 5.75 Å². The van der Waals surface area contributed by atoms with Crippen molar-refractivity contribution < 1.29 is 4.74 Å². The first-order valence-corrected chi connectivity index (χ1v) is 7.54. The molecule has 1 aromatic heterocycles. The summed E-state index contributed by atoms with van der Waals surface area (Å²) in [5, 5.41) is 7.31. The van der Waals surface area contributed by atoms with Gasteiger partial charge in [0.15, 0.2) is 5.96 Å². The predicted octanol–water partition coefficient (Wildman–Crippen LogP) is 1.83. The van der Waals surface area contributed by atoms with Gasteiger partial charge in [-0.2, -0.15) is 5.10 Å². The van der Waals surface area contributed by atoms with Crippen LogP contribution in [-0.2, 0) is 13.6 Å². The van der Waals surface area contributed by atoms with Crippen molar-refractivity contribution >= 4 is 29.9 Å². The standard InChI is InChI=1S/C16H24N6O.HI/c1-13-5-7-14(8-6-13)23-10-9-21(3)16(17-2)18-11-15-19-12-20-22(15)4;/h5-8,12H,9-11H2,1-4H3,(H,17,18);1H. The second kappa shape index (κ2) is 10.1. The van der Waals surface area contributed by atoms with Crippen LogP contribution >= 0.6 is 24.0 Å². The largest absolute Gasteiger partial charge is 0.492 e. The lowest BCUT2D eigenvalue weighted by atomic mass is 10.2. The maximum atomic E-state index is 5.74. The minimum atomic E-state index is 0. The third-order valence-electron chi connectivity index (χ3n) is 3.50. The second-order valence-corrected chi connectivity index (χ2v) is 5.28. The molecule has 0 atom stereocenters. The summed E-state index contributed by atoms with van der Waals surface area (Å²) in [6.07, 6.45) is 1.54. The molecule has 7 nitrogen and oxygen atoms in total. The van der Waals surface area contributed by atoms with Gasteiger partial charge in [-0.15, -0.1) is 24.0 Å². The highest BCUT2D eigenvalue weighted by Crippen LogP contribution is 2.11. The Bertz CT molecular complexity index is 640. The van der Waals surface area contributed by atoms with Gasteiger partial charge in [0.25, 0.3) is 0 Å². The first-order valence-electron chi connectivity index (χ1n) is 7.54. The zero-order valence-electron chi connectivity index (χ0n) is 14.6. The van der Waals surface area contributed by atoms with Gasteiger partial charge in [-0.25, -0.2) is 4.98 Å². The Labute approximate surface area is 160 Å². The SMILES string of the molecule is CN=C(NCc1ncnn1C)N(C)CCOc1ccc(C)cc1.I. The summed E-state index contributed by atoms with van der Waals surface area (Å²) in [4.78, 5) is 10.5. The van der Waals surface area contributed by atoms with E-state index in [4.69, 9.17) is 4.74 Å². The summed E-state index contributed by atoms with van der Waals surface area (Å²) in [7, 11) is 5.60. The maximum Gasteiger partial charge on any atom is 0.193 e. The first kappa shape index (κ1) is 20.2. The lowest BCUT2D eigenvalue weighted by Crippen LogP contribution is -2.40. The van der Waals surface area contributed by atoms with Gasteiger partial charge in [-0.3, -0.25) is 9.67 Å². The summed E-state index contributed by atoms with van der Waals surface area (Å²) in [6, 6.07) is 8.05.